The van der Waals surface area contributed by atoms with Crippen LogP contribution >= 0.6 is 0 Å². The molecule has 0 heterocycles. The third-order valence-corrected chi connectivity index (χ3v) is 4.97. The highest BCUT2D eigenvalue weighted by Gasteiger charge is 2.19. The van der Waals surface area contributed by atoms with E-state index in [9.17, 15) is 14.4 Å². The number of fused-ring (bicyclic) bond motifs is 1. The molecule has 0 spiro atoms. The zero-order valence-electron chi connectivity index (χ0n) is 18.3. The minimum Gasteiger partial charge on any atom is -0.481 e. The third kappa shape index (κ3) is 6.31. The normalized spacial score (nSPS) is 12.5. The number of carbonyl (C=O) groups excluding carboxylic acids is 3. The monoisotopic (exact) mass is 433 g/mol. The van der Waals surface area contributed by atoms with Crippen LogP contribution in [0.5, 0.6) is 5.75 Å². The van der Waals surface area contributed by atoms with Gasteiger partial charge in [-0.2, -0.15) is 0 Å². The third-order valence-electron chi connectivity index (χ3n) is 4.97. The van der Waals surface area contributed by atoms with Gasteiger partial charge in [0.15, 0.2) is 6.10 Å². The molecule has 3 aromatic rings. The summed E-state index contributed by atoms with van der Waals surface area (Å²) in [6, 6.07) is 20.5. The number of benzene rings is 3. The number of nitrogens with one attached hydrogen (secondary N) is 3. The Morgan fingerprint density at radius 2 is 1.59 bits per heavy atom. The van der Waals surface area contributed by atoms with E-state index in [0.717, 1.165) is 21.9 Å². The molecular weight excluding hydrogens is 406 g/mol. The zero-order valence-corrected chi connectivity index (χ0v) is 18.3. The summed E-state index contributed by atoms with van der Waals surface area (Å²) in [4.78, 5) is 36.3. The second-order valence-electron chi connectivity index (χ2n) is 7.67. The van der Waals surface area contributed by atoms with Crippen molar-refractivity contribution in [3.8, 4) is 5.75 Å². The SMILES string of the molecule is CC(=O)N[C@@H](CC(=O)NNC(=O)[C@@H](C)Oc1ccc2ccccc2c1)c1ccc(C)cc1. The standard InChI is InChI=1S/C25H27N3O4/c1-16-8-10-20(11-9-16)23(26-18(3)29)15-24(30)27-28-25(31)17(2)32-22-13-12-19-6-4-5-7-21(19)14-22/h4-14,17,23H,15H2,1-3H3,(H,26,29)(H,27,30)(H,28,31)/t17-,23+/m1/s1. The average Bonchev–Trinajstić information content (AvgIpc) is 2.77. The minimum atomic E-state index is -0.820. The largest absolute Gasteiger partial charge is 0.481 e. The molecule has 0 aliphatic rings. The van der Waals surface area contributed by atoms with E-state index >= 15 is 0 Å². The lowest BCUT2D eigenvalue weighted by molar-refractivity contribution is -0.133. The molecule has 0 saturated heterocycles. The summed E-state index contributed by atoms with van der Waals surface area (Å²) < 4.78 is 5.71. The fourth-order valence-electron chi connectivity index (χ4n) is 3.26. The quantitative estimate of drug-likeness (QED) is 0.498. The van der Waals surface area contributed by atoms with Crippen molar-refractivity contribution in [1.82, 2.24) is 16.2 Å². The summed E-state index contributed by atoms with van der Waals surface area (Å²) in [7, 11) is 0. The highest BCUT2D eigenvalue weighted by atomic mass is 16.5. The van der Waals surface area contributed by atoms with Crippen LogP contribution in [-0.4, -0.2) is 23.8 Å². The first-order valence-corrected chi connectivity index (χ1v) is 10.4. The molecule has 0 bridgehead atoms. The van der Waals surface area contributed by atoms with E-state index in [1.807, 2.05) is 67.6 Å². The van der Waals surface area contributed by atoms with E-state index < -0.39 is 24.0 Å². The van der Waals surface area contributed by atoms with Gasteiger partial charge in [0.05, 0.1) is 12.5 Å². The topological polar surface area (TPSA) is 96.5 Å². The number of rotatable bonds is 7. The second-order valence-corrected chi connectivity index (χ2v) is 7.67. The summed E-state index contributed by atoms with van der Waals surface area (Å²) in [5.74, 6) is -0.610. The van der Waals surface area contributed by atoms with Gasteiger partial charge < -0.3 is 10.1 Å². The molecule has 3 rings (SSSR count). The number of hydrazine groups is 1. The van der Waals surface area contributed by atoms with E-state index in [1.54, 1.807) is 13.0 Å². The molecular formula is C25H27N3O4. The Morgan fingerprint density at radius 3 is 2.28 bits per heavy atom. The Morgan fingerprint density at radius 1 is 0.906 bits per heavy atom. The van der Waals surface area contributed by atoms with E-state index in [1.165, 1.54) is 6.92 Å². The molecule has 7 nitrogen and oxygen atoms in total. The molecule has 0 saturated carbocycles. The van der Waals surface area contributed by atoms with E-state index in [4.69, 9.17) is 4.74 Å². The van der Waals surface area contributed by atoms with Crippen LogP contribution in [0, 0.1) is 6.92 Å². The van der Waals surface area contributed by atoms with Crippen LogP contribution in [0.15, 0.2) is 66.7 Å². The lowest BCUT2D eigenvalue weighted by Crippen LogP contribution is -2.48. The number of ether oxygens (including phenoxy) is 1. The van der Waals surface area contributed by atoms with Gasteiger partial charge in [-0.1, -0.05) is 60.2 Å². The van der Waals surface area contributed by atoms with E-state index in [2.05, 4.69) is 16.2 Å². The summed E-state index contributed by atoms with van der Waals surface area (Å²) in [6.07, 6.45) is -0.845. The van der Waals surface area contributed by atoms with Crippen molar-refractivity contribution in [3.05, 3.63) is 77.9 Å². The van der Waals surface area contributed by atoms with Crippen molar-refractivity contribution in [2.24, 2.45) is 0 Å². The maximum absolute atomic E-state index is 12.4. The average molecular weight is 434 g/mol. The molecule has 7 heteroatoms. The van der Waals surface area contributed by atoms with Crippen molar-refractivity contribution in [2.75, 3.05) is 0 Å². The van der Waals surface area contributed by atoms with Crippen molar-refractivity contribution in [1.29, 1.82) is 0 Å². The van der Waals surface area contributed by atoms with Gasteiger partial charge in [0.1, 0.15) is 5.75 Å². The Bertz CT molecular complexity index is 1110. The van der Waals surface area contributed by atoms with E-state index in [-0.39, 0.29) is 12.3 Å². The Balaban J connectivity index is 1.54. The number of carbonyl (C=O) groups is 3. The summed E-state index contributed by atoms with van der Waals surface area (Å²) in [6.45, 7) is 4.95. The maximum atomic E-state index is 12.4. The Labute approximate surface area is 187 Å². The van der Waals surface area contributed by atoms with Gasteiger partial charge in [0.25, 0.3) is 5.91 Å². The molecule has 32 heavy (non-hydrogen) atoms. The first kappa shape index (κ1) is 22.8. The first-order chi connectivity index (χ1) is 15.3. The van der Waals surface area contributed by atoms with Gasteiger partial charge in [-0.3, -0.25) is 25.2 Å². The molecule has 3 aromatic carbocycles. The molecule has 0 aliphatic carbocycles. The van der Waals surface area contributed by atoms with Crippen molar-refractivity contribution >= 4 is 28.5 Å². The zero-order chi connectivity index (χ0) is 23.1. The Kier molecular flexibility index (Phi) is 7.44. The van der Waals surface area contributed by atoms with Crippen molar-refractivity contribution in [2.45, 2.75) is 39.3 Å². The predicted molar refractivity (Wildman–Crippen MR) is 123 cm³/mol. The van der Waals surface area contributed by atoms with Crippen LogP contribution in [0.2, 0.25) is 0 Å². The number of hydrogen-bond donors (Lipinski definition) is 3. The molecule has 3 N–H and O–H groups in total. The molecule has 0 fully saturated rings. The van der Waals surface area contributed by atoms with Gasteiger partial charge >= 0.3 is 0 Å². The van der Waals surface area contributed by atoms with Gasteiger partial charge in [-0.05, 0) is 42.3 Å². The van der Waals surface area contributed by atoms with Crippen LogP contribution in [-0.2, 0) is 14.4 Å². The highest BCUT2D eigenvalue weighted by molar-refractivity contribution is 5.86. The summed E-state index contributed by atoms with van der Waals surface area (Å²) in [5.41, 5.74) is 6.66. The first-order valence-electron chi connectivity index (χ1n) is 10.4. The fourth-order valence-corrected chi connectivity index (χ4v) is 3.26. The van der Waals surface area contributed by atoms with E-state index in [0.29, 0.717) is 5.75 Å². The summed E-state index contributed by atoms with van der Waals surface area (Å²) >= 11 is 0. The molecule has 166 valence electrons. The fraction of sp³-hybridized carbons (Fsp3) is 0.240. The van der Waals surface area contributed by atoms with Crippen LogP contribution < -0.4 is 20.9 Å². The van der Waals surface area contributed by atoms with Gasteiger partial charge in [0.2, 0.25) is 11.8 Å². The summed E-state index contributed by atoms with van der Waals surface area (Å²) in [5, 5.41) is 4.85. The van der Waals surface area contributed by atoms with Gasteiger partial charge in [-0.25, -0.2) is 0 Å². The number of hydrogen-bond acceptors (Lipinski definition) is 4. The second kappa shape index (κ2) is 10.4. The molecule has 2 atom stereocenters. The van der Waals surface area contributed by atoms with Crippen molar-refractivity contribution < 1.29 is 19.1 Å². The van der Waals surface area contributed by atoms with Crippen molar-refractivity contribution in [3.63, 3.8) is 0 Å². The number of aryl methyl sites for hydroxylation is 1. The lowest BCUT2D eigenvalue weighted by Gasteiger charge is -2.19. The van der Waals surface area contributed by atoms with Gasteiger partial charge in [-0.15, -0.1) is 0 Å². The minimum absolute atomic E-state index is 0.0250. The lowest BCUT2D eigenvalue weighted by atomic mass is 10.0. The van der Waals surface area contributed by atoms with Crippen LogP contribution in [0.1, 0.15) is 37.4 Å². The molecule has 3 amide bonds. The molecule has 0 radical (unpaired) electrons. The maximum Gasteiger partial charge on any atom is 0.279 e. The highest BCUT2D eigenvalue weighted by Crippen LogP contribution is 2.21. The van der Waals surface area contributed by atoms with Crippen LogP contribution in [0.4, 0.5) is 0 Å². The van der Waals surface area contributed by atoms with Gasteiger partial charge in [0, 0.05) is 6.92 Å². The molecule has 0 aliphatic heterocycles. The Hall–Kier alpha value is -3.87. The smallest absolute Gasteiger partial charge is 0.279 e. The number of amides is 3. The predicted octanol–water partition coefficient (Wildman–Crippen LogP) is 3.33. The molecule has 0 unspecified atom stereocenters. The van der Waals surface area contributed by atoms with Crippen LogP contribution in [0.25, 0.3) is 10.8 Å². The van der Waals surface area contributed by atoms with Crippen LogP contribution in [0.3, 0.4) is 0 Å². The molecule has 0 aromatic heterocycles.